The maximum Gasteiger partial charge on any atom is 0.0643 e. The number of hydrogen-bond acceptors (Lipinski definition) is 2. The summed E-state index contributed by atoms with van der Waals surface area (Å²) in [7, 11) is 0. The fourth-order valence-electron chi connectivity index (χ4n) is 7.93. The standard InChI is InChI=1S/C41H37N.C9H12.C8H9N.C4H10.5C2H6/c1-5-31(21-22-37-27-41(3,4)40-38-20-10-9-16-33(38)23-24-39(37)40)35-18-12-19-36(26-35)34-17-11-13-30(25-34)28-42-29(2)32-14-7-6-8-15-32;1-3-9-7-5-4-6-8(9)2;1-7(9)8-5-3-2-4-6-8;1-4(2)3;5*1-2/h5-26H,1,27-28H2,2-4H3;3-8H,1-2H3;2-6H,1,9H2;4H,1-3H3;5*1-2H3/b31-21+,37-22+,42-29?;9-3-;;;;;;;. The third kappa shape index (κ3) is 22.6. The van der Waals surface area contributed by atoms with E-state index in [1.807, 2.05) is 112 Å². The van der Waals surface area contributed by atoms with E-state index in [9.17, 15) is 0 Å². The van der Waals surface area contributed by atoms with Crippen LogP contribution >= 0.6 is 0 Å². The molecule has 2 aliphatic rings. The highest BCUT2D eigenvalue weighted by atomic mass is 14.7. The SMILES string of the molecule is C/C=C1/C=CC=CC1C.C=C(N)c1ccccc1.C=C/C(=C\C=C1/CC(C)(C)c2c1ccc1ccccc21)c1cccc(-c2cccc(CN=C(C)c3ccccc3)c2)c1.CC.CC.CC.CC.CC.CC(C)C. The van der Waals surface area contributed by atoms with Crippen molar-refractivity contribution in [2.75, 3.05) is 0 Å². The van der Waals surface area contributed by atoms with Crippen LogP contribution in [0.4, 0.5) is 0 Å². The van der Waals surface area contributed by atoms with Crippen molar-refractivity contribution in [2.24, 2.45) is 22.6 Å². The van der Waals surface area contributed by atoms with Crippen molar-refractivity contribution in [2.45, 2.75) is 143 Å². The molecule has 0 fully saturated rings. The molecule has 74 heavy (non-hydrogen) atoms. The lowest BCUT2D eigenvalue weighted by Crippen LogP contribution is -2.12. The zero-order valence-electron chi connectivity index (χ0n) is 49.5. The summed E-state index contributed by atoms with van der Waals surface area (Å²) in [6.07, 6.45) is 18.2. The van der Waals surface area contributed by atoms with E-state index in [4.69, 9.17) is 10.7 Å². The van der Waals surface area contributed by atoms with Crippen molar-refractivity contribution in [3.8, 4) is 11.1 Å². The van der Waals surface area contributed by atoms with E-state index in [1.165, 1.54) is 55.3 Å². The molecule has 0 spiro atoms. The molecule has 2 nitrogen and oxygen atoms in total. The summed E-state index contributed by atoms with van der Waals surface area (Å²) < 4.78 is 0. The number of nitrogens with two attached hydrogens (primary N) is 1. The summed E-state index contributed by atoms with van der Waals surface area (Å²) in [6.45, 7) is 46.0. The fraction of sp³-hybridized carbons (Fsp3) is 0.319. The Balaban J connectivity index is 0.00000136. The van der Waals surface area contributed by atoms with Crippen molar-refractivity contribution < 1.29 is 0 Å². The van der Waals surface area contributed by atoms with Crippen LogP contribution in [0.15, 0.2) is 218 Å². The fourth-order valence-corrected chi connectivity index (χ4v) is 7.93. The Morgan fingerprint density at radius 1 is 0.676 bits per heavy atom. The quantitative estimate of drug-likeness (QED) is 0.120. The van der Waals surface area contributed by atoms with Gasteiger partial charge >= 0.3 is 0 Å². The molecular formula is C72H98N2. The normalized spacial score (nSPS) is 14.4. The maximum atomic E-state index is 5.42. The molecule has 2 aliphatic carbocycles. The largest absolute Gasteiger partial charge is 0.399 e. The number of aliphatic imine (C=N–C) groups is 1. The second-order valence-corrected chi connectivity index (χ2v) is 17.8. The molecule has 0 amide bonds. The van der Waals surface area contributed by atoms with Crippen molar-refractivity contribution in [1.82, 2.24) is 0 Å². The first kappa shape index (κ1) is 67.2. The van der Waals surface area contributed by atoms with Gasteiger partial charge in [-0.15, -0.1) is 0 Å². The minimum atomic E-state index is 0.0961. The van der Waals surface area contributed by atoms with Crippen LogP contribution in [0.5, 0.6) is 0 Å². The van der Waals surface area contributed by atoms with Crippen LogP contribution in [0.3, 0.4) is 0 Å². The van der Waals surface area contributed by atoms with Gasteiger partial charge in [-0.1, -0.05) is 306 Å². The summed E-state index contributed by atoms with van der Waals surface area (Å²) in [5.41, 5.74) is 20.9. The predicted octanol–water partition coefficient (Wildman–Crippen LogP) is 22.0. The molecule has 1 atom stereocenters. The molecule has 8 rings (SSSR count). The summed E-state index contributed by atoms with van der Waals surface area (Å²) in [6, 6.07) is 50.8. The third-order valence-corrected chi connectivity index (χ3v) is 11.2. The second kappa shape index (κ2) is 38.8. The average molecular weight is 992 g/mol. The molecular weight excluding hydrogens is 893 g/mol. The van der Waals surface area contributed by atoms with Crippen molar-refractivity contribution in [3.05, 3.63) is 246 Å². The van der Waals surface area contributed by atoms with E-state index in [0.29, 0.717) is 18.2 Å². The first-order chi connectivity index (χ1) is 35.8. The second-order valence-electron chi connectivity index (χ2n) is 17.8. The highest BCUT2D eigenvalue weighted by Gasteiger charge is 2.34. The lowest BCUT2D eigenvalue weighted by atomic mass is 9.83. The topological polar surface area (TPSA) is 38.4 Å². The van der Waals surface area contributed by atoms with E-state index in [0.717, 1.165) is 34.8 Å². The van der Waals surface area contributed by atoms with Gasteiger partial charge in [0, 0.05) is 11.4 Å². The summed E-state index contributed by atoms with van der Waals surface area (Å²) in [5.74, 6) is 1.44. The predicted molar refractivity (Wildman–Crippen MR) is 340 cm³/mol. The Hall–Kier alpha value is -6.77. The highest BCUT2D eigenvalue weighted by molar-refractivity contribution is 5.98. The third-order valence-electron chi connectivity index (χ3n) is 11.2. The molecule has 2 N–H and O–H groups in total. The first-order valence-electron chi connectivity index (χ1n) is 27.6. The molecule has 0 saturated heterocycles. The van der Waals surface area contributed by atoms with Crippen LogP contribution in [0, 0.1) is 11.8 Å². The lowest BCUT2D eigenvalue weighted by Gasteiger charge is -2.20. The number of nitrogens with zero attached hydrogens (tertiary/aromatic N) is 1. The van der Waals surface area contributed by atoms with E-state index < -0.39 is 0 Å². The first-order valence-corrected chi connectivity index (χ1v) is 27.6. The van der Waals surface area contributed by atoms with Gasteiger partial charge in [-0.2, -0.15) is 0 Å². The van der Waals surface area contributed by atoms with Crippen molar-refractivity contribution >= 4 is 33.3 Å². The molecule has 0 aromatic heterocycles. The number of fused-ring (bicyclic) bond motifs is 3. The molecule has 0 bridgehead atoms. The van der Waals surface area contributed by atoms with Gasteiger partial charge in [-0.3, -0.25) is 4.99 Å². The average Bonchev–Trinajstić information content (AvgIpc) is 3.73. The molecule has 6 aromatic carbocycles. The van der Waals surface area contributed by atoms with Gasteiger partial charge in [0.25, 0.3) is 0 Å². The van der Waals surface area contributed by atoms with Gasteiger partial charge < -0.3 is 5.73 Å². The van der Waals surface area contributed by atoms with Crippen LogP contribution in [-0.2, 0) is 12.0 Å². The number of allylic oxidation sites excluding steroid dienone is 11. The van der Waals surface area contributed by atoms with Gasteiger partial charge in [0.2, 0.25) is 0 Å². The van der Waals surface area contributed by atoms with Crippen LogP contribution < -0.4 is 5.73 Å². The van der Waals surface area contributed by atoms with Gasteiger partial charge in [0.15, 0.2) is 0 Å². The van der Waals surface area contributed by atoms with Crippen LogP contribution in [0.1, 0.15) is 164 Å². The van der Waals surface area contributed by atoms with Gasteiger partial charge in [-0.05, 0) is 122 Å². The van der Waals surface area contributed by atoms with Crippen molar-refractivity contribution in [1.29, 1.82) is 0 Å². The van der Waals surface area contributed by atoms with E-state index in [2.05, 4.69) is 220 Å². The van der Waals surface area contributed by atoms with E-state index >= 15 is 0 Å². The number of benzene rings is 6. The molecule has 0 aliphatic heterocycles. The smallest absolute Gasteiger partial charge is 0.0643 e. The minimum Gasteiger partial charge on any atom is -0.399 e. The zero-order chi connectivity index (χ0) is 56.1. The summed E-state index contributed by atoms with van der Waals surface area (Å²) in [4.78, 5) is 4.85. The Morgan fingerprint density at radius 3 is 1.73 bits per heavy atom. The van der Waals surface area contributed by atoms with Gasteiger partial charge in [0.05, 0.1) is 6.54 Å². The maximum absolute atomic E-state index is 5.42. The van der Waals surface area contributed by atoms with Crippen LogP contribution in [-0.4, -0.2) is 5.71 Å². The zero-order valence-corrected chi connectivity index (χ0v) is 49.5. The Morgan fingerprint density at radius 2 is 1.20 bits per heavy atom. The van der Waals surface area contributed by atoms with E-state index in [-0.39, 0.29) is 5.41 Å². The molecule has 6 aromatic rings. The van der Waals surface area contributed by atoms with Crippen LogP contribution in [0.2, 0.25) is 0 Å². The molecule has 396 valence electrons. The monoisotopic (exact) mass is 991 g/mol. The lowest BCUT2D eigenvalue weighted by molar-refractivity contribution is 0.568. The number of hydrogen-bond donors (Lipinski definition) is 1. The Kier molecular flexibility index (Phi) is 35.2. The van der Waals surface area contributed by atoms with Gasteiger partial charge in [-0.25, -0.2) is 0 Å². The Bertz CT molecular complexity index is 2680. The molecule has 0 heterocycles. The van der Waals surface area contributed by atoms with E-state index in [1.54, 1.807) is 0 Å². The molecule has 2 heteroatoms. The molecule has 0 radical (unpaired) electrons. The Labute approximate surface area is 454 Å². The summed E-state index contributed by atoms with van der Waals surface area (Å²) >= 11 is 0. The minimum absolute atomic E-state index is 0.0961. The highest BCUT2D eigenvalue weighted by Crippen LogP contribution is 2.48. The molecule has 1 unspecified atom stereocenters. The molecule has 0 saturated carbocycles. The van der Waals surface area contributed by atoms with Crippen molar-refractivity contribution in [3.63, 3.8) is 0 Å². The van der Waals surface area contributed by atoms with Crippen LogP contribution in [0.25, 0.3) is 38.7 Å². The summed E-state index contributed by atoms with van der Waals surface area (Å²) in [5, 5.41) is 2.68. The number of rotatable bonds is 8. The van der Waals surface area contributed by atoms with Gasteiger partial charge in [0.1, 0.15) is 0 Å².